The zero-order chi connectivity index (χ0) is 26.1. The van der Waals surface area contributed by atoms with Crippen LogP contribution in [0.2, 0.25) is 0 Å². The predicted molar refractivity (Wildman–Crippen MR) is 150 cm³/mol. The normalized spacial score (nSPS) is 11.0. The molecule has 0 saturated carbocycles. The van der Waals surface area contributed by atoms with E-state index in [9.17, 15) is 0 Å². The van der Waals surface area contributed by atoms with Gasteiger partial charge in [0.2, 0.25) is 5.88 Å². The summed E-state index contributed by atoms with van der Waals surface area (Å²) in [6.45, 7) is 2.08. The zero-order valence-corrected chi connectivity index (χ0v) is 21.7. The van der Waals surface area contributed by atoms with Crippen molar-refractivity contribution in [3.63, 3.8) is 0 Å². The highest BCUT2D eigenvalue weighted by Gasteiger charge is 2.14. The average Bonchev–Trinajstić information content (AvgIpc) is 3.39. The smallest absolute Gasteiger partial charge is 0.230 e. The molecule has 0 aliphatic heterocycles. The van der Waals surface area contributed by atoms with Crippen molar-refractivity contribution in [1.29, 1.82) is 0 Å². The van der Waals surface area contributed by atoms with Gasteiger partial charge in [0.05, 0.1) is 30.0 Å². The van der Waals surface area contributed by atoms with Gasteiger partial charge < -0.3 is 19.5 Å². The quantitative estimate of drug-likeness (QED) is 0.237. The number of methoxy groups -OCH3 is 2. The molecule has 0 aliphatic carbocycles. The van der Waals surface area contributed by atoms with Crippen molar-refractivity contribution in [1.82, 2.24) is 20.2 Å². The van der Waals surface area contributed by atoms with E-state index in [1.54, 1.807) is 31.6 Å². The fourth-order valence-corrected chi connectivity index (χ4v) is 5.13. The Hall–Kier alpha value is -4.76. The first-order chi connectivity index (χ1) is 18.6. The van der Waals surface area contributed by atoms with Crippen molar-refractivity contribution >= 4 is 44.5 Å². The van der Waals surface area contributed by atoms with Crippen LogP contribution in [0.3, 0.4) is 0 Å². The number of hydrogen-bond acceptors (Lipinski definition) is 9. The second kappa shape index (κ2) is 9.95. The number of benzene rings is 3. The number of aryl methyl sites for hydroxylation is 1. The zero-order valence-electron chi connectivity index (χ0n) is 20.9. The summed E-state index contributed by atoms with van der Waals surface area (Å²) in [5, 5.41) is 17.4. The minimum absolute atomic E-state index is 0.424. The standard InChI is InChI=1S/C29H23N5O3S/c1-17-12-26(38-15-17)27-20-6-4-5-7-21(20)28(34-33-27)32-18-8-10-19(11-9-18)37-29-22-13-24(35-2)25(36-3)14-23(22)30-16-31-29/h4-16H,1-3H3,(H,32,34). The van der Waals surface area contributed by atoms with Gasteiger partial charge in [-0.1, -0.05) is 24.3 Å². The van der Waals surface area contributed by atoms with Gasteiger partial charge in [-0.15, -0.1) is 21.5 Å². The topological polar surface area (TPSA) is 91.3 Å². The molecule has 9 heteroatoms. The molecule has 0 saturated heterocycles. The van der Waals surface area contributed by atoms with Crippen LogP contribution in [-0.2, 0) is 0 Å². The first-order valence-electron chi connectivity index (χ1n) is 11.9. The van der Waals surface area contributed by atoms with Gasteiger partial charge in [0, 0.05) is 22.5 Å². The summed E-state index contributed by atoms with van der Waals surface area (Å²) in [5.41, 5.74) is 3.65. The van der Waals surface area contributed by atoms with Crippen LogP contribution in [0.5, 0.6) is 23.1 Å². The third kappa shape index (κ3) is 4.44. The number of thiophene rings is 1. The van der Waals surface area contributed by atoms with E-state index < -0.39 is 0 Å². The van der Waals surface area contributed by atoms with Crippen LogP contribution in [-0.4, -0.2) is 34.4 Å². The minimum atomic E-state index is 0.424. The Morgan fingerprint density at radius 2 is 1.55 bits per heavy atom. The van der Waals surface area contributed by atoms with E-state index in [4.69, 9.17) is 14.2 Å². The van der Waals surface area contributed by atoms with Crippen LogP contribution in [0.25, 0.3) is 32.2 Å². The van der Waals surface area contributed by atoms with Crippen molar-refractivity contribution in [2.24, 2.45) is 0 Å². The highest BCUT2D eigenvalue weighted by atomic mass is 32.1. The van der Waals surface area contributed by atoms with E-state index in [1.807, 2.05) is 42.5 Å². The number of fused-ring (bicyclic) bond motifs is 2. The number of hydrogen-bond donors (Lipinski definition) is 1. The molecule has 0 unspecified atom stereocenters. The van der Waals surface area contributed by atoms with Crippen molar-refractivity contribution in [2.45, 2.75) is 6.92 Å². The number of aromatic nitrogens is 4. The SMILES string of the molecule is COc1cc2ncnc(Oc3ccc(Nc4nnc(-c5cc(C)cs5)c5ccccc45)cc3)c2cc1OC. The third-order valence-electron chi connectivity index (χ3n) is 6.09. The van der Waals surface area contributed by atoms with Gasteiger partial charge in [0.25, 0.3) is 0 Å². The lowest BCUT2D eigenvalue weighted by Crippen LogP contribution is -1.99. The summed E-state index contributed by atoms with van der Waals surface area (Å²) in [6.07, 6.45) is 1.46. The maximum atomic E-state index is 6.10. The molecule has 0 radical (unpaired) electrons. The molecule has 0 fully saturated rings. The monoisotopic (exact) mass is 521 g/mol. The Labute approximate surface area is 222 Å². The van der Waals surface area contributed by atoms with Crippen molar-refractivity contribution in [3.05, 3.63) is 84.0 Å². The van der Waals surface area contributed by atoms with Crippen molar-refractivity contribution < 1.29 is 14.2 Å². The highest BCUT2D eigenvalue weighted by molar-refractivity contribution is 7.13. The van der Waals surface area contributed by atoms with E-state index in [-0.39, 0.29) is 0 Å². The van der Waals surface area contributed by atoms with Gasteiger partial charge in [0.1, 0.15) is 17.8 Å². The molecular formula is C29H23N5O3S. The molecule has 188 valence electrons. The number of nitrogens with one attached hydrogen (secondary N) is 1. The van der Waals surface area contributed by atoms with E-state index in [0.29, 0.717) is 34.5 Å². The highest BCUT2D eigenvalue weighted by Crippen LogP contribution is 2.37. The third-order valence-corrected chi connectivity index (χ3v) is 7.14. The summed E-state index contributed by atoms with van der Waals surface area (Å²) in [4.78, 5) is 9.76. The lowest BCUT2D eigenvalue weighted by molar-refractivity contribution is 0.355. The molecule has 0 amide bonds. The largest absolute Gasteiger partial charge is 0.493 e. The van der Waals surface area contributed by atoms with E-state index >= 15 is 0 Å². The molecule has 3 aromatic heterocycles. The molecule has 0 spiro atoms. The Balaban J connectivity index is 1.27. The van der Waals surface area contributed by atoms with Crippen molar-refractivity contribution in [3.8, 4) is 33.7 Å². The Kier molecular flexibility index (Phi) is 6.19. The van der Waals surface area contributed by atoms with Crippen LogP contribution in [0.15, 0.2) is 78.4 Å². The summed E-state index contributed by atoms with van der Waals surface area (Å²) in [6, 6.07) is 21.5. The summed E-state index contributed by atoms with van der Waals surface area (Å²) in [7, 11) is 3.18. The average molecular weight is 522 g/mol. The summed E-state index contributed by atoms with van der Waals surface area (Å²) >= 11 is 1.67. The lowest BCUT2D eigenvalue weighted by Gasteiger charge is -2.12. The molecule has 1 N–H and O–H groups in total. The molecule has 3 heterocycles. The van der Waals surface area contributed by atoms with Gasteiger partial charge in [-0.05, 0) is 54.3 Å². The number of anilines is 2. The summed E-state index contributed by atoms with van der Waals surface area (Å²) < 4.78 is 16.9. The van der Waals surface area contributed by atoms with Gasteiger partial charge in [-0.2, -0.15) is 0 Å². The maximum absolute atomic E-state index is 6.10. The van der Waals surface area contributed by atoms with Crippen LogP contribution >= 0.6 is 11.3 Å². The molecule has 0 bridgehead atoms. The number of ether oxygens (including phenoxy) is 3. The van der Waals surface area contributed by atoms with E-state index in [0.717, 1.165) is 32.4 Å². The van der Waals surface area contributed by atoms with Crippen LogP contribution in [0.4, 0.5) is 11.5 Å². The second-order valence-electron chi connectivity index (χ2n) is 8.59. The molecule has 38 heavy (non-hydrogen) atoms. The molecule has 0 aliphatic rings. The van der Waals surface area contributed by atoms with Gasteiger partial charge >= 0.3 is 0 Å². The Morgan fingerprint density at radius 1 is 0.789 bits per heavy atom. The van der Waals surface area contributed by atoms with Gasteiger partial charge in [-0.25, -0.2) is 9.97 Å². The second-order valence-corrected chi connectivity index (χ2v) is 9.50. The fourth-order valence-electron chi connectivity index (χ4n) is 4.23. The first-order valence-corrected chi connectivity index (χ1v) is 12.7. The molecule has 8 nitrogen and oxygen atoms in total. The molecule has 6 rings (SSSR count). The number of nitrogens with zero attached hydrogens (tertiary/aromatic N) is 4. The fraction of sp³-hybridized carbons (Fsp3) is 0.103. The molecule has 6 aromatic rings. The Morgan fingerprint density at radius 3 is 2.29 bits per heavy atom. The lowest BCUT2D eigenvalue weighted by atomic mass is 10.1. The van der Waals surface area contributed by atoms with Crippen LogP contribution in [0, 0.1) is 6.92 Å². The first kappa shape index (κ1) is 23.6. The van der Waals surface area contributed by atoms with E-state index in [1.165, 1.54) is 11.9 Å². The maximum Gasteiger partial charge on any atom is 0.230 e. The van der Waals surface area contributed by atoms with Crippen LogP contribution in [0.1, 0.15) is 5.56 Å². The van der Waals surface area contributed by atoms with E-state index in [2.05, 4.69) is 56.0 Å². The predicted octanol–water partition coefficient (Wildman–Crippen LogP) is 7.16. The Bertz CT molecular complexity index is 1770. The minimum Gasteiger partial charge on any atom is -0.493 e. The van der Waals surface area contributed by atoms with Crippen LogP contribution < -0.4 is 19.5 Å². The van der Waals surface area contributed by atoms with Gasteiger partial charge in [-0.3, -0.25) is 0 Å². The van der Waals surface area contributed by atoms with Crippen molar-refractivity contribution in [2.75, 3.05) is 19.5 Å². The molecule has 3 aromatic carbocycles. The molecular weight excluding hydrogens is 498 g/mol. The van der Waals surface area contributed by atoms with Gasteiger partial charge in [0.15, 0.2) is 17.3 Å². The number of rotatable bonds is 7. The molecule has 0 atom stereocenters. The summed E-state index contributed by atoms with van der Waals surface area (Å²) in [5.74, 6) is 2.91.